The summed E-state index contributed by atoms with van der Waals surface area (Å²) in [6.45, 7) is 2.56. The molecular formula is C54H44N8Na2O12. The zero-order valence-corrected chi connectivity index (χ0v) is 45.5. The summed E-state index contributed by atoms with van der Waals surface area (Å²) in [6, 6.07) is 30.2. The topological polar surface area (TPSA) is 310 Å². The maximum Gasteiger partial charge on any atom is 1.00 e. The zero-order valence-electron chi connectivity index (χ0n) is 41.5. The van der Waals surface area contributed by atoms with Gasteiger partial charge in [-0.15, -0.1) is 0 Å². The van der Waals surface area contributed by atoms with Crippen LogP contribution < -0.4 is 112 Å². The molecule has 0 aliphatic heterocycles. The number of nitrogens with two attached hydrogens (primary N) is 2. The van der Waals surface area contributed by atoms with Gasteiger partial charge in [0, 0.05) is 81.4 Å². The van der Waals surface area contributed by atoms with Crippen LogP contribution in [0.5, 0.6) is 11.5 Å². The van der Waals surface area contributed by atoms with Gasteiger partial charge in [-0.3, -0.25) is 28.8 Å². The van der Waals surface area contributed by atoms with Crippen LogP contribution in [0.25, 0.3) is 11.0 Å². The Hall–Kier alpha value is -8.24. The summed E-state index contributed by atoms with van der Waals surface area (Å²) in [5.41, 5.74) is 14.2. The van der Waals surface area contributed by atoms with Crippen LogP contribution in [-0.2, 0) is 9.59 Å². The number of carbonyl (C=O) groups excluding carboxylic acids is 8. The van der Waals surface area contributed by atoms with Gasteiger partial charge in [0.15, 0.2) is 13.2 Å². The number of nitrogens with one attached hydrogen (secondary N) is 4. The van der Waals surface area contributed by atoms with Gasteiger partial charge in [0.1, 0.15) is 11.5 Å². The molecule has 8 aromatic rings. The number of rotatable bonds is 19. The molecule has 374 valence electrons. The molecule has 0 spiro atoms. The average molecular weight is 1040 g/mol. The van der Waals surface area contributed by atoms with Crippen LogP contribution in [-0.4, -0.2) is 82.2 Å². The minimum atomic E-state index is -1.53. The third kappa shape index (κ3) is 12.5. The van der Waals surface area contributed by atoms with Crippen LogP contribution in [0.4, 0.5) is 22.7 Å². The summed E-state index contributed by atoms with van der Waals surface area (Å²) >= 11 is 0. The first kappa shape index (κ1) is 57.0. The van der Waals surface area contributed by atoms with E-state index in [1.165, 1.54) is 36.4 Å². The van der Waals surface area contributed by atoms with Crippen molar-refractivity contribution in [2.75, 3.05) is 48.4 Å². The number of carboxylic acid groups (broad SMARTS) is 2. The quantitative estimate of drug-likeness (QED) is 0.0209. The standard InChI is InChI=1S/C54H46N8O12.2Na/c1-29-45(41-13-3-5-21-61(41)47(29)49(65)31-15-17-39(55)37(25-31)53(69)70)59-51(67)33-9-7-11-35(23-33)73-27-43(63)57-19-20-58-44(64)28-74-36-12-8-10-34(24-36)52(68)60-46-30(2)48(62-22-6-4-14-42(46)62)50(66)32-16-18-40(56)38(26-32)54(71)72;;/h3-18,21-26H,19-20,27-28,55-56H2,1-2H3,(H,57,63)(H,58,64)(H,59,67)(H,60,68)(H,69,70)(H,71,72);;/q;2*+1/p-2. The van der Waals surface area contributed by atoms with Crippen molar-refractivity contribution in [3.63, 3.8) is 0 Å². The molecule has 4 aromatic heterocycles. The first-order chi connectivity index (χ1) is 35.5. The number of aromatic nitrogens is 2. The van der Waals surface area contributed by atoms with E-state index in [4.69, 9.17) is 20.9 Å². The van der Waals surface area contributed by atoms with E-state index in [-0.39, 0.29) is 140 Å². The summed E-state index contributed by atoms with van der Waals surface area (Å²) in [4.78, 5) is 103. The van der Waals surface area contributed by atoms with E-state index >= 15 is 0 Å². The van der Waals surface area contributed by atoms with Crippen molar-refractivity contribution in [3.05, 3.63) is 190 Å². The Morgan fingerprint density at radius 3 is 1.28 bits per heavy atom. The molecule has 4 amide bonds. The van der Waals surface area contributed by atoms with E-state index in [1.807, 2.05) is 0 Å². The number of pyridine rings is 2. The Morgan fingerprint density at radius 1 is 0.500 bits per heavy atom. The number of hydrogen-bond donors (Lipinski definition) is 6. The smallest absolute Gasteiger partial charge is 0.545 e. The third-order valence-corrected chi connectivity index (χ3v) is 11.9. The van der Waals surface area contributed by atoms with Crippen molar-refractivity contribution in [1.29, 1.82) is 0 Å². The second-order valence-electron chi connectivity index (χ2n) is 16.7. The summed E-state index contributed by atoms with van der Waals surface area (Å²) < 4.78 is 14.5. The minimum Gasteiger partial charge on any atom is -0.545 e. The SMILES string of the molecule is Cc1c(NC(=O)c2cccc(OCC(=O)NCCNC(=O)COc3cccc(C(=O)Nc4c(C)c(C(=O)c5ccc(N)c(C(=O)[O-])c5)n5ccccc45)c3)c2)c2ccccn2c1C(=O)c1ccc(N)c(C(=O)[O-])c1.[Na+].[Na+]. The predicted octanol–water partition coefficient (Wildman–Crippen LogP) is -2.63. The Morgan fingerprint density at radius 2 is 0.895 bits per heavy atom. The van der Waals surface area contributed by atoms with Gasteiger partial charge >= 0.3 is 59.1 Å². The van der Waals surface area contributed by atoms with Gasteiger partial charge in [-0.25, -0.2) is 0 Å². The molecule has 4 aromatic carbocycles. The summed E-state index contributed by atoms with van der Waals surface area (Å²) in [5, 5.41) is 34.2. The molecule has 8 N–H and O–H groups in total. The number of aromatic carboxylic acids is 2. The van der Waals surface area contributed by atoms with E-state index in [0.717, 1.165) is 12.1 Å². The Bertz CT molecular complexity index is 3390. The van der Waals surface area contributed by atoms with Crippen LogP contribution in [0.1, 0.15) is 84.7 Å². The van der Waals surface area contributed by atoms with Crippen molar-refractivity contribution >= 4 is 80.9 Å². The van der Waals surface area contributed by atoms with E-state index < -0.39 is 60.3 Å². The van der Waals surface area contributed by atoms with Gasteiger partial charge in [0.05, 0.1) is 45.7 Å². The number of carboxylic acids is 2. The second kappa shape index (κ2) is 24.9. The van der Waals surface area contributed by atoms with Crippen molar-refractivity contribution in [2.45, 2.75) is 13.8 Å². The van der Waals surface area contributed by atoms with Gasteiger partial charge in [0.25, 0.3) is 23.6 Å². The van der Waals surface area contributed by atoms with E-state index in [1.54, 1.807) is 108 Å². The van der Waals surface area contributed by atoms with Crippen molar-refractivity contribution in [2.24, 2.45) is 0 Å². The number of benzene rings is 4. The fourth-order valence-electron chi connectivity index (χ4n) is 8.19. The second-order valence-corrected chi connectivity index (χ2v) is 16.7. The molecule has 0 saturated heterocycles. The molecule has 0 fully saturated rings. The number of hydrogen-bond acceptors (Lipinski definition) is 14. The molecule has 0 atom stereocenters. The number of fused-ring (bicyclic) bond motifs is 2. The van der Waals surface area contributed by atoms with Crippen LogP contribution in [0.15, 0.2) is 134 Å². The summed E-state index contributed by atoms with van der Waals surface area (Å²) in [7, 11) is 0. The zero-order chi connectivity index (χ0) is 52.8. The van der Waals surface area contributed by atoms with E-state index in [2.05, 4.69) is 21.3 Å². The molecule has 0 aliphatic carbocycles. The van der Waals surface area contributed by atoms with Crippen LogP contribution in [0.3, 0.4) is 0 Å². The van der Waals surface area contributed by atoms with Gasteiger partial charge in [-0.2, -0.15) is 0 Å². The molecule has 0 aliphatic rings. The van der Waals surface area contributed by atoms with Gasteiger partial charge in [0.2, 0.25) is 11.6 Å². The van der Waals surface area contributed by atoms with E-state index in [9.17, 15) is 48.6 Å². The Labute approximate surface area is 477 Å². The maximum absolute atomic E-state index is 13.8. The maximum atomic E-state index is 13.8. The molecule has 8 rings (SSSR count). The summed E-state index contributed by atoms with van der Waals surface area (Å²) in [6.07, 6.45) is 3.28. The molecule has 0 bridgehead atoms. The summed E-state index contributed by atoms with van der Waals surface area (Å²) in [5.74, 6) is -5.76. The van der Waals surface area contributed by atoms with Crippen LogP contribution in [0, 0.1) is 13.8 Å². The van der Waals surface area contributed by atoms with Gasteiger partial charge in [-0.05, 0) is 111 Å². The van der Waals surface area contributed by atoms with Gasteiger partial charge in [-0.1, -0.05) is 24.3 Å². The molecule has 20 nitrogen and oxygen atoms in total. The molecule has 0 saturated carbocycles. The third-order valence-electron chi connectivity index (χ3n) is 11.9. The van der Waals surface area contributed by atoms with Crippen molar-refractivity contribution in [3.8, 4) is 11.5 Å². The number of carbonyl (C=O) groups is 8. The molecule has 4 heterocycles. The molecular weight excluding hydrogens is 999 g/mol. The number of ketones is 2. The average Bonchev–Trinajstić information content (AvgIpc) is 3.87. The minimum absolute atomic E-state index is 0. The number of anilines is 4. The number of nitrogen functional groups attached to an aromatic ring is 2. The van der Waals surface area contributed by atoms with Crippen LogP contribution in [0.2, 0.25) is 0 Å². The van der Waals surface area contributed by atoms with Gasteiger partial charge < -0.3 is 70.8 Å². The van der Waals surface area contributed by atoms with Crippen molar-refractivity contribution < 1.29 is 117 Å². The molecule has 0 unspecified atom stereocenters. The molecule has 0 radical (unpaired) electrons. The first-order valence-corrected chi connectivity index (χ1v) is 22.6. The first-order valence-electron chi connectivity index (χ1n) is 22.6. The van der Waals surface area contributed by atoms with Crippen LogP contribution >= 0.6 is 0 Å². The predicted molar refractivity (Wildman–Crippen MR) is 267 cm³/mol. The van der Waals surface area contributed by atoms with Crippen molar-refractivity contribution in [1.82, 2.24) is 19.4 Å². The monoisotopic (exact) mass is 1040 g/mol. The largest absolute Gasteiger partial charge is 1.00 e. The normalized spacial score (nSPS) is 10.6. The number of amides is 4. The Kier molecular flexibility index (Phi) is 18.7. The fourth-order valence-corrected chi connectivity index (χ4v) is 8.19. The number of nitrogens with zero attached hydrogens (tertiary/aromatic N) is 2. The fraction of sp³-hybridized carbons (Fsp3) is 0.111. The molecule has 76 heavy (non-hydrogen) atoms. The number of ether oxygens (including phenoxy) is 2. The molecule has 22 heteroatoms. The Balaban J connectivity index is 0.00000469. The van der Waals surface area contributed by atoms with E-state index in [0.29, 0.717) is 33.5 Å².